The van der Waals surface area contributed by atoms with Gasteiger partial charge in [0.05, 0.1) is 11.8 Å². The molecule has 1 aromatic rings. The van der Waals surface area contributed by atoms with Crippen molar-refractivity contribution < 1.29 is 8.78 Å². The molecule has 0 unspecified atom stereocenters. The number of benzene rings is 1. The van der Waals surface area contributed by atoms with Crippen LogP contribution in [0.1, 0.15) is 31.2 Å². The Bertz CT molecular complexity index is 566. The molecule has 0 aromatic heterocycles. The third-order valence-electron chi connectivity index (χ3n) is 3.50. The van der Waals surface area contributed by atoms with Crippen LogP contribution in [-0.4, -0.2) is 22.7 Å². The molecular formula is C14H15F2N3S. The van der Waals surface area contributed by atoms with Gasteiger partial charge in [-0.15, -0.1) is 0 Å². The highest BCUT2D eigenvalue weighted by molar-refractivity contribution is 8.14. The Morgan fingerprint density at radius 2 is 2.05 bits per heavy atom. The van der Waals surface area contributed by atoms with Gasteiger partial charge in [-0.3, -0.25) is 10.4 Å². The second-order valence-electron chi connectivity index (χ2n) is 4.96. The van der Waals surface area contributed by atoms with Crippen molar-refractivity contribution in [2.75, 3.05) is 5.75 Å². The summed E-state index contributed by atoms with van der Waals surface area (Å²) in [5.41, 5.74) is 3.58. The van der Waals surface area contributed by atoms with Crippen molar-refractivity contribution in [1.29, 1.82) is 0 Å². The summed E-state index contributed by atoms with van der Waals surface area (Å²) in [6.45, 7) is 0. The topological polar surface area (TPSA) is 36.8 Å². The van der Waals surface area contributed by atoms with Gasteiger partial charge in [0.1, 0.15) is 11.6 Å². The Balaban J connectivity index is 1.74. The summed E-state index contributed by atoms with van der Waals surface area (Å²) in [7, 11) is 0. The summed E-state index contributed by atoms with van der Waals surface area (Å²) in [6, 6.07) is 3.79. The van der Waals surface area contributed by atoms with Crippen LogP contribution < -0.4 is 5.43 Å². The molecule has 1 fully saturated rings. The van der Waals surface area contributed by atoms with Crippen LogP contribution in [0.15, 0.2) is 28.3 Å². The number of nitrogens with one attached hydrogen (secondary N) is 1. The van der Waals surface area contributed by atoms with E-state index >= 15 is 0 Å². The van der Waals surface area contributed by atoms with Crippen molar-refractivity contribution in [3.63, 3.8) is 0 Å². The largest absolute Gasteiger partial charge is 0.258 e. The van der Waals surface area contributed by atoms with Gasteiger partial charge in [-0.1, -0.05) is 24.6 Å². The summed E-state index contributed by atoms with van der Waals surface area (Å²) in [6.07, 6.45) is 4.71. The highest BCUT2D eigenvalue weighted by atomic mass is 32.2. The second-order valence-corrected chi connectivity index (χ2v) is 5.92. The van der Waals surface area contributed by atoms with Crippen LogP contribution in [0.4, 0.5) is 8.78 Å². The standard InChI is InChI=1S/C14H15F2N3S/c15-9-5-6-12(16)11(7-9)13-8-20-14(19-18-13)17-10-3-1-2-4-10/h5-7,10H,1-4,8H2,(H,17,19). The van der Waals surface area contributed by atoms with E-state index in [2.05, 4.69) is 15.5 Å². The molecule has 1 heterocycles. The number of hydrogen-bond donors (Lipinski definition) is 1. The van der Waals surface area contributed by atoms with E-state index in [4.69, 9.17) is 0 Å². The minimum atomic E-state index is -0.459. The van der Waals surface area contributed by atoms with Crippen molar-refractivity contribution in [3.05, 3.63) is 35.4 Å². The Morgan fingerprint density at radius 3 is 2.75 bits per heavy atom. The Morgan fingerprint density at radius 1 is 1.25 bits per heavy atom. The molecule has 0 atom stereocenters. The summed E-state index contributed by atoms with van der Waals surface area (Å²) in [5, 5.41) is 4.91. The molecule has 3 rings (SSSR count). The Hall–Kier alpha value is -1.43. The second kappa shape index (κ2) is 5.91. The van der Waals surface area contributed by atoms with E-state index < -0.39 is 11.6 Å². The minimum absolute atomic E-state index is 0.213. The molecule has 1 aliphatic heterocycles. The van der Waals surface area contributed by atoms with Gasteiger partial charge < -0.3 is 0 Å². The molecule has 0 spiro atoms. The number of aliphatic imine (C=N–C) groups is 1. The Kier molecular flexibility index (Phi) is 4.00. The van der Waals surface area contributed by atoms with Crippen LogP contribution in [-0.2, 0) is 0 Å². The van der Waals surface area contributed by atoms with E-state index in [1.54, 1.807) is 0 Å². The molecular weight excluding hydrogens is 280 g/mol. The normalized spacial score (nSPS) is 21.9. The first-order valence-electron chi connectivity index (χ1n) is 6.71. The van der Waals surface area contributed by atoms with Crippen LogP contribution >= 0.6 is 11.8 Å². The first-order chi connectivity index (χ1) is 9.72. The van der Waals surface area contributed by atoms with Gasteiger partial charge in [0.15, 0.2) is 5.17 Å². The lowest BCUT2D eigenvalue weighted by atomic mass is 10.1. The first-order valence-corrected chi connectivity index (χ1v) is 7.69. The van der Waals surface area contributed by atoms with Crippen molar-refractivity contribution in [3.8, 4) is 0 Å². The molecule has 1 N–H and O–H groups in total. The number of amidine groups is 1. The molecule has 0 radical (unpaired) electrons. The predicted octanol–water partition coefficient (Wildman–Crippen LogP) is 3.30. The fourth-order valence-electron chi connectivity index (χ4n) is 2.44. The van der Waals surface area contributed by atoms with Gasteiger partial charge in [0.25, 0.3) is 0 Å². The van der Waals surface area contributed by atoms with Gasteiger partial charge in [0.2, 0.25) is 0 Å². The van der Waals surface area contributed by atoms with Crippen LogP contribution in [0.5, 0.6) is 0 Å². The molecule has 2 aliphatic rings. The smallest absolute Gasteiger partial charge is 0.177 e. The zero-order valence-corrected chi connectivity index (χ0v) is 11.7. The lowest BCUT2D eigenvalue weighted by Crippen LogP contribution is -2.27. The SMILES string of the molecule is Fc1ccc(F)c(C2=NNC(=NC3CCCC3)SC2)c1. The van der Waals surface area contributed by atoms with Crippen LogP contribution in [0.3, 0.4) is 0 Å². The summed E-state index contributed by atoms with van der Waals surface area (Å²) in [4.78, 5) is 4.60. The summed E-state index contributed by atoms with van der Waals surface area (Å²) in [5.74, 6) is -0.415. The first kappa shape index (κ1) is 13.5. The maximum Gasteiger partial charge on any atom is 0.177 e. The number of halogens is 2. The highest BCUT2D eigenvalue weighted by Gasteiger charge is 2.19. The third kappa shape index (κ3) is 3.00. The maximum atomic E-state index is 13.7. The lowest BCUT2D eigenvalue weighted by molar-refractivity contribution is 0.598. The molecule has 1 aromatic carbocycles. The van der Waals surface area contributed by atoms with E-state index in [1.165, 1.54) is 30.7 Å². The van der Waals surface area contributed by atoms with Gasteiger partial charge in [-0.2, -0.15) is 5.10 Å². The van der Waals surface area contributed by atoms with E-state index in [0.717, 1.165) is 30.1 Å². The van der Waals surface area contributed by atoms with Crippen molar-refractivity contribution >= 4 is 22.6 Å². The van der Waals surface area contributed by atoms with Gasteiger partial charge >= 0.3 is 0 Å². The highest BCUT2D eigenvalue weighted by Crippen LogP contribution is 2.23. The molecule has 1 aliphatic carbocycles. The molecule has 20 heavy (non-hydrogen) atoms. The monoisotopic (exact) mass is 295 g/mol. The zero-order valence-electron chi connectivity index (χ0n) is 10.9. The van der Waals surface area contributed by atoms with Gasteiger partial charge in [-0.05, 0) is 31.0 Å². The summed E-state index contributed by atoms with van der Waals surface area (Å²) >= 11 is 1.49. The van der Waals surface area contributed by atoms with E-state index in [0.29, 0.717) is 17.5 Å². The van der Waals surface area contributed by atoms with Crippen molar-refractivity contribution in [1.82, 2.24) is 5.43 Å². The van der Waals surface area contributed by atoms with Crippen molar-refractivity contribution in [2.45, 2.75) is 31.7 Å². The summed E-state index contributed by atoms with van der Waals surface area (Å²) < 4.78 is 26.8. The number of hydrazone groups is 1. The zero-order chi connectivity index (χ0) is 13.9. The van der Waals surface area contributed by atoms with Gasteiger partial charge in [-0.25, -0.2) is 8.78 Å². The molecule has 0 bridgehead atoms. The number of hydrogen-bond acceptors (Lipinski definition) is 3. The molecule has 3 nitrogen and oxygen atoms in total. The van der Waals surface area contributed by atoms with Gasteiger partial charge in [0, 0.05) is 11.3 Å². The van der Waals surface area contributed by atoms with E-state index in [9.17, 15) is 8.78 Å². The fourth-order valence-corrected chi connectivity index (χ4v) is 3.27. The van der Waals surface area contributed by atoms with Crippen LogP contribution in [0.2, 0.25) is 0 Å². The maximum absolute atomic E-state index is 13.7. The minimum Gasteiger partial charge on any atom is -0.258 e. The van der Waals surface area contributed by atoms with E-state index in [-0.39, 0.29) is 5.56 Å². The molecule has 6 heteroatoms. The van der Waals surface area contributed by atoms with Crippen molar-refractivity contribution in [2.24, 2.45) is 10.1 Å². The molecule has 0 amide bonds. The third-order valence-corrected chi connectivity index (χ3v) is 4.38. The quantitative estimate of drug-likeness (QED) is 0.909. The Labute approximate surface area is 120 Å². The average Bonchev–Trinajstić information content (AvgIpc) is 2.95. The lowest BCUT2D eigenvalue weighted by Gasteiger charge is -2.16. The fraction of sp³-hybridized carbons (Fsp3) is 0.429. The molecule has 1 saturated carbocycles. The van der Waals surface area contributed by atoms with E-state index in [1.807, 2.05) is 0 Å². The number of thioether (sulfide) groups is 1. The number of rotatable bonds is 2. The number of nitrogens with zero attached hydrogens (tertiary/aromatic N) is 2. The van der Waals surface area contributed by atoms with Crippen LogP contribution in [0.25, 0.3) is 0 Å². The molecule has 106 valence electrons. The van der Waals surface area contributed by atoms with Crippen LogP contribution in [0, 0.1) is 11.6 Å². The predicted molar refractivity (Wildman–Crippen MR) is 78.2 cm³/mol. The average molecular weight is 295 g/mol. The molecule has 0 saturated heterocycles.